The quantitative estimate of drug-likeness (QED) is 0.169. The Kier molecular flexibility index (Phi) is 10.2. The number of halogens is 1. The van der Waals surface area contributed by atoms with Crippen molar-refractivity contribution in [2.75, 3.05) is 0 Å². The average Bonchev–Trinajstić information content (AvgIpc) is 3.47. The Morgan fingerprint density at radius 1 is 0.938 bits per heavy atom. The Labute approximate surface area is 287 Å². The molecule has 48 heavy (non-hydrogen) atoms. The second-order valence-electron chi connectivity index (χ2n) is 15.0. The first-order chi connectivity index (χ1) is 21.9. The van der Waals surface area contributed by atoms with Crippen molar-refractivity contribution in [3.8, 4) is 0 Å². The molecule has 4 aliphatic rings. The number of aliphatic hydroxyl groups excluding tert-OH is 1. The van der Waals surface area contributed by atoms with Crippen LogP contribution in [0.2, 0.25) is 5.22 Å². The Morgan fingerprint density at radius 3 is 2.10 bits per heavy atom. The molecule has 274 valence electrons. The zero-order chi connectivity index (χ0) is 35.8. The third kappa shape index (κ3) is 7.03. The number of fused-ring (bicyclic) bond motifs is 5. The molecule has 0 radical (unpaired) electrons. The van der Waals surface area contributed by atoms with Crippen molar-refractivity contribution in [3.63, 3.8) is 0 Å². The predicted octanol–water partition coefficient (Wildman–Crippen LogP) is 5.18. The van der Waals surface area contributed by atoms with Crippen LogP contribution in [0.4, 0.5) is 0 Å². The molecule has 18 heteroatoms. The van der Waals surface area contributed by atoms with E-state index in [1.165, 1.54) is 0 Å². The maximum absolute atomic E-state index is 12.2. The molecule has 1 aromatic rings. The highest BCUT2D eigenvalue weighted by Gasteiger charge is 2.68. The molecule has 12 atom stereocenters. The van der Waals surface area contributed by atoms with Gasteiger partial charge in [0.1, 0.15) is 12.2 Å². The van der Waals surface area contributed by atoms with Crippen LogP contribution < -0.4 is 0 Å². The number of furan rings is 1. The van der Waals surface area contributed by atoms with Crippen molar-refractivity contribution in [3.05, 3.63) is 34.8 Å². The van der Waals surface area contributed by atoms with Crippen molar-refractivity contribution < 1.29 is 61.0 Å². The van der Waals surface area contributed by atoms with Crippen molar-refractivity contribution in [1.82, 2.24) is 0 Å². The minimum atomic E-state index is -5.30. The van der Waals surface area contributed by atoms with Gasteiger partial charge in [0.15, 0.2) is 5.22 Å². The van der Waals surface area contributed by atoms with Crippen LogP contribution in [0.15, 0.2) is 28.4 Å². The predicted molar refractivity (Wildman–Crippen MR) is 172 cm³/mol. The van der Waals surface area contributed by atoms with Gasteiger partial charge in [-0.3, -0.25) is 13.7 Å². The molecule has 0 bridgehead atoms. The lowest BCUT2D eigenvalue weighted by Crippen LogP contribution is -2.65. The lowest BCUT2D eigenvalue weighted by Gasteiger charge is -2.63. The second kappa shape index (κ2) is 12.8. The molecule has 3 fully saturated rings. The van der Waals surface area contributed by atoms with E-state index in [-0.39, 0.29) is 36.0 Å². The maximum atomic E-state index is 12.2. The first-order valence-electron chi connectivity index (χ1n) is 16.0. The Bertz CT molecular complexity index is 1740. The summed E-state index contributed by atoms with van der Waals surface area (Å²) in [6, 6.07) is 1.88. The molecular formula is C30H45ClO14S3. The van der Waals surface area contributed by atoms with Crippen LogP contribution in [0.25, 0.3) is 0 Å². The van der Waals surface area contributed by atoms with Gasteiger partial charge in [-0.05, 0) is 103 Å². The van der Waals surface area contributed by atoms with Gasteiger partial charge in [0.25, 0.3) is 0 Å². The zero-order valence-electron chi connectivity index (χ0n) is 27.4. The summed E-state index contributed by atoms with van der Waals surface area (Å²) in [5.74, 6) is -0.856. The van der Waals surface area contributed by atoms with Crippen molar-refractivity contribution in [2.24, 2.45) is 39.9 Å². The minimum Gasteiger partial charge on any atom is -0.453 e. The maximum Gasteiger partial charge on any atom is 0.397 e. The van der Waals surface area contributed by atoms with Gasteiger partial charge < -0.3 is 9.52 Å². The molecule has 1 aromatic heterocycles. The number of aliphatic hydroxyl groups is 1. The van der Waals surface area contributed by atoms with Crippen LogP contribution in [0.1, 0.15) is 91.0 Å². The lowest BCUT2D eigenvalue weighted by molar-refractivity contribution is -0.179. The van der Waals surface area contributed by atoms with E-state index < -0.39 is 72.4 Å². The van der Waals surface area contributed by atoms with Crippen LogP contribution in [-0.4, -0.2) is 68.4 Å². The van der Waals surface area contributed by atoms with Crippen LogP contribution in [0.3, 0.4) is 0 Å². The summed E-state index contributed by atoms with van der Waals surface area (Å²) in [5.41, 5.74) is -0.248. The summed E-state index contributed by atoms with van der Waals surface area (Å²) in [6.07, 6.45) is 0.0620. The number of rotatable bonds is 11. The summed E-state index contributed by atoms with van der Waals surface area (Å²) < 4.78 is 120. The second-order valence-corrected chi connectivity index (χ2v) is 18.5. The number of allylic oxidation sites excluding steroid dienone is 2. The van der Waals surface area contributed by atoms with E-state index in [0.29, 0.717) is 17.6 Å². The van der Waals surface area contributed by atoms with Crippen LogP contribution in [0, 0.1) is 39.9 Å². The molecule has 5 rings (SSSR count). The highest BCUT2D eigenvalue weighted by Crippen LogP contribution is 2.72. The topological polar surface area (TPSA) is 224 Å². The van der Waals surface area contributed by atoms with Gasteiger partial charge in [-0.15, -0.1) is 0 Å². The lowest BCUT2D eigenvalue weighted by atomic mass is 9.43. The normalized spacial score (nSPS) is 40.0. The molecule has 0 aromatic carbocycles. The molecule has 4 N–H and O–H groups in total. The van der Waals surface area contributed by atoms with Crippen LogP contribution in [-0.2, 0) is 43.7 Å². The fourth-order valence-corrected chi connectivity index (χ4v) is 12.1. The van der Waals surface area contributed by atoms with E-state index in [1.807, 2.05) is 12.1 Å². The fourth-order valence-electron chi connectivity index (χ4n) is 10.3. The first kappa shape index (κ1) is 38.1. The monoisotopic (exact) mass is 760 g/mol. The zero-order valence-corrected chi connectivity index (χ0v) is 30.6. The molecule has 0 amide bonds. The van der Waals surface area contributed by atoms with Gasteiger partial charge in [-0.1, -0.05) is 46.3 Å². The summed E-state index contributed by atoms with van der Waals surface area (Å²) in [5, 5.41) is 12.0. The molecule has 14 nitrogen and oxygen atoms in total. The van der Waals surface area contributed by atoms with E-state index in [0.717, 1.165) is 36.8 Å². The van der Waals surface area contributed by atoms with Crippen LogP contribution in [0.5, 0.6) is 0 Å². The molecule has 1 unspecified atom stereocenters. The molecule has 3 saturated carbocycles. The highest BCUT2D eigenvalue weighted by molar-refractivity contribution is 7.81. The summed E-state index contributed by atoms with van der Waals surface area (Å²) in [6.45, 7) is 10.4. The van der Waals surface area contributed by atoms with E-state index in [9.17, 15) is 44.0 Å². The van der Waals surface area contributed by atoms with Crippen molar-refractivity contribution >= 4 is 42.8 Å². The summed E-state index contributed by atoms with van der Waals surface area (Å²) in [4.78, 5) is 0. The molecule has 0 aliphatic heterocycles. The molecule has 0 saturated heterocycles. The van der Waals surface area contributed by atoms with E-state index in [4.69, 9.17) is 24.4 Å². The first-order valence-corrected chi connectivity index (χ1v) is 20.5. The average molecular weight is 761 g/mol. The standard InChI is InChI=1S/C30H45ClO14S3/c1-16(18-10-13-42-27(18)31)6-7-17(2)19-8-11-30(5)21-14-22(43-46(33,34)35)24-25(32)26(45-48(39,40)41)23(44-47(36,37)38)15-28(24,3)20(21)9-12-29(19,30)4/h9-10,13,16-17,19,21-26,32H,6-8,11-12,14-15H2,1-5H3,(H,33,34,35)(H,36,37,38)(H,39,40,41)/t16?,17-,19-,21-,22+,23+,24+,25-,26-,28-,29-,30+/m1/s1. The third-order valence-corrected chi connectivity index (χ3v) is 14.3. The minimum absolute atomic E-state index is 0.0224. The largest absolute Gasteiger partial charge is 0.453 e. The van der Waals surface area contributed by atoms with E-state index in [2.05, 4.69) is 31.9 Å². The third-order valence-electron chi connectivity index (χ3n) is 12.6. The van der Waals surface area contributed by atoms with E-state index >= 15 is 0 Å². The smallest absolute Gasteiger partial charge is 0.397 e. The van der Waals surface area contributed by atoms with E-state index in [1.54, 1.807) is 13.2 Å². The van der Waals surface area contributed by atoms with Gasteiger partial charge in [0, 0.05) is 11.5 Å². The van der Waals surface area contributed by atoms with Gasteiger partial charge in [-0.2, -0.15) is 25.3 Å². The number of hydrogen-bond acceptors (Lipinski definition) is 11. The Balaban J connectivity index is 1.52. The molecule has 4 aliphatic carbocycles. The molecular weight excluding hydrogens is 716 g/mol. The number of hydrogen-bond donors (Lipinski definition) is 4. The van der Waals surface area contributed by atoms with Gasteiger partial charge in [0.05, 0.1) is 18.5 Å². The molecule has 1 heterocycles. The summed E-state index contributed by atoms with van der Waals surface area (Å²) in [7, 11) is -15.6. The van der Waals surface area contributed by atoms with Gasteiger partial charge in [0.2, 0.25) is 0 Å². The van der Waals surface area contributed by atoms with Crippen molar-refractivity contribution in [1.29, 1.82) is 0 Å². The van der Waals surface area contributed by atoms with Crippen molar-refractivity contribution in [2.45, 2.75) is 110 Å². The SMILES string of the molecule is CC(CC[C@@H](C)[C@H]1CC[C@@]2(C)[C@@H]3C[C@H](OS(=O)(=O)O)[C@H]4[C@@H](O)[C@H](OS(=O)(=O)O)[C@@H](OS(=O)(=O)O)C[C@]4(C)C3=CC[C@]12C)c1ccoc1Cl. The molecule has 0 spiro atoms. The van der Waals surface area contributed by atoms with Gasteiger partial charge in [-0.25, -0.2) is 12.5 Å². The van der Waals surface area contributed by atoms with Crippen LogP contribution >= 0.6 is 11.6 Å². The Hall–Kier alpha value is -1.12. The Morgan fingerprint density at radius 2 is 1.54 bits per heavy atom. The highest BCUT2D eigenvalue weighted by atomic mass is 35.5. The van der Waals surface area contributed by atoms with Gasteiger partial charge >= 0.3 is 31.2 Å². The fraction of sp³-hybridized carbons (Fsp3) is 0.800. The summed E-state index contributed by atoms with van der Waals surface area (Å²) >= 11 is 6.22.